The number of hydrogen-bond donors (Lipinski definition) is 2. The number of ether oxygens (including phenoxy) is 1. The van der Waals surface area contributed by atoms with Gasteiger partial charge in [0.25, 0.3) is 0 Å². The number of anilines is 1. The number of nitrogens with zero attached hydrogens (tertiary/aromatic N) is 2. The first kappa shape index (κ1) is 21.3. The van der Waals surface area contributed by atoms with Gasteiger partial charge < -0.3 is 20.3 Å². The quantitative estimate of drug-likeness (QED) is 0.719. The van der Waals surface area contributed by atoms with Crippen LogP contribution in [0, 0.1) is 0 Å². The molecule has 1 fully saturated rings. The van der Waals surface area contributed by atoms with Crippen molar-refractivity contribution in [2.24, 2.45) is 0 Å². The number of benzene rings is 2. The molecule has 29 heavy (non-hydrogen) atoms. The van der Waals surface area contributed by atoms with Gasteiger partial charge in [-0.15, -0.1) is 0 Å². The number of likely N-dealkylation sites (N-methyl/N-ethyl adjacent to an activating group) is 1. The van der Waals surface area contributed by atoms with Crippen LogP contribution in [-0.4, -0.2) is 55.7 Å². The van der Waals surface area contributed by atoms with Crippen LogP contribution in [0.1, 0.15) is 23.6 Å². The third-order valence-corrected chi connectivity index (χ3v) is 5.39. The lowest BCUT2D eigenvalue weighted by molar-refractivity contribution is 0.131. The summed E-state index contributed by atoms with van der Waals surface area (Å²) in [6, 6.07) is 15.8. The topological polar surface area (TPSA) is 56.8 Å². The molecule has 0 aromatic heterocycles. The van der Waals surface area contributed by atoms with Gasteiger partial charge in [-0.3, -0.25) is 4.90 Å². The number of nitrogens with one attached hydrogen (secondary N) is 2. The smallest absolute Gasteiger partial charge is 0.319 e. The molecule has 2 aromatic carbocycles. The monoisotopic (exact) mass is 396 g/mol. The zero-order chi connectivity index (χ0) is 20.5. The Kier molecular flexibility index (Phi) is 8.04. The average Bonchev–Trinajstić information content (AvgIpc) is 2.75. The van der Waals surface area contributed by atoms with Gasteiger partial charge in [-0.25, -0.2) is 4.79 Å². The van der Waals surface area contributed by atoms with E-state index < -0.39 is 0 Å². The van der Waals surface area contributed by atoms with Gasteiger partial charge in [-0.05, 0) is 35.4 Å². The molecule has 0 aliphatic carbocycles. The van der Waals surface area contributed by atoms with Crippen molar-refractivity contribution < 1.29 is 9.53 Å². The van der Waals surface area contributed by atoms with Crippen molar-refractivity contribution in [3.8, 4) is 0 Å². The van der Waals surface area contributed by atoms with Crippen molar-refractivity contribution in [3.63, 3.8) is 0 Å². The van der Waals surface area contributed by atoms with Gasteiger partial charge in [0, 0.05) is 52.1 Å². The molecule has 6 heteroatoms. The number of urea groups is 1. The lowest BCUT2D eigenvalue weighted by atomic mass is 10.1. The van der Waals surface area contributed by atoms with Crippen LogP contribution in [-0.2, 0) is 24.4 Å². The van der Waals surface area contributed by atoms with Crippen LogP contribution in [0.25, 0.3) is 0 Å². The summed E-state index contributed by atoms with van der Waals surface area (Å²) < 4.78 is 5.11. The maximum atomic E-state index is 12.3. The molecule has 0 saturated carbocycles. The molecule has 1 saturated heterocycles. The fraction of sp³-hybridized carbons (Fsp3) is 0.435. The molecule has 1 aliphatic rings. The molecule has 0 spiro atoms. The predicted molar refractivity (Wildman–Crippen MR) is 117 cm³/mol. The van der Waals surface area contributed by atoms with Crippen molar-refractivity contribution in [2.45, 2.75) is 26.6 Å². The molecule has 0 atom stereocenters. The van der Waals surface area contributed by atoms with E-state index in [9.17, 15) is 4.79 Å². The van der Waals surface area contributed by atoms with Crippen molar-refractivity contribution in [3.05, 3.63) is 65.2 Å². The number of amides is 2. The summed E-state index contributed by atoms with van der Waals surface area (Å²) in [7, 11) is 1.67. The largest absolute Gasteiger partial charge is 0.380 e. The Morgan fingerprint density at radius 3 is 2.28 bits per heavy atom. The minimum absolute atomic E-state index is 0.198. The van der Waals surface area contributed by atoms with Crippen LogP contribution in [0.2, 0.25) is 0 Å². The number of carbonyl (C=O) groups excluding carboxylic acids is 1. The Morgan fingerprint density at radius 2 is 1.62 bits per heavy atom. The molecule has 6 nitrogen and oxygen atoms in total. The highest BCUT2D eigenvalue weighted by atomic mass is 16.5. The third-order valence-electron chi connectivity index (χ3n) is 5.39. The molecule has 3 rings (SSSR count). The highest BCUT2D eigenvalue weighted by Gasteiger charge is 2.16. The minimum atomic E-state index is -0.198. The van der Waals surface area contributed by atoms with E-state index >= 15 is 0 Å². The summed E-state index contributed by atoms with van der Waals surface area (Å²) in [5.41, 5.74) is 4.29. The number of methoxy groups -OCH3 is 1. The van der Waals surface area contributed by atoms with E-state index in [1.54, 1.807) is 7.11 Å². The average molecular weight is 397 g/mol. The first-order valence-electron chi connectivity index (χ1n) is 10.3. The van der Waals surface area contributed by atoms with E-state index in [2.05, 4.69) is 45.6 Å². The van der Waals surface area contributed by atoms with E-state index in [1.807, 2.05) is 30.3 Å². The summed E-state index contributed by atoms with van der Waals surface area (Å²) in [4.78, 5) is 17.3. The Hall–Kier alpha value is -2.41. The van der Waals surface area contributed by atoms with E-state index in [4.69, 9.17) is 4.74 Å². The Morgan fingerprint density at radius 1 is 0.966 bits per heavy atom. The molecular weight excluding hydrogens is 364 g/mol. The predicted octanol–water partition coefficient (Wildman–Crippen LogP) is 3.29. The number of hydrogen-bond acceptors (Lipinski definition) is 4. The summed E-state index contributed by atoms with van der Waals surface area (Å²) in [6.45, 7) is 9.79. The van der Waals surface area contributed by atoms with Crippen LogP contribution < -0.4 is 10.6 Å². The second kappa shape index (κ2) is 11.0. The van der Waals surface area contributed by atoms with Crippen molar-refractivity contribution in [2.75, 3.05) is 45.2 Å². The molecular formula is C23H32N4O2. The van der Waals surface area contributed by atoms with Crippen molar-refractivity contribution in [1.82, 2.24) is 15.1 Å². The summed E-state index contributed by atoms with van der Waals surface area (Å²) in [6.07, 6.45) is 0. The van der Waals surface area contributed by atoms with E-state index in [-0.39, 0.29) is 6.03 Å². The highest BCUT2D eigenvalue weighted by molar-refractivity contribution is 5.89. The second-order valence-electron chi connectivity index (χ2n) is 7.42. The maximum Gasteiger partial charge on any atom is 0.319 e. The SMILES string of the molecule is CCN1CCN(Cc2ccccc2CNC(=O)Nc2ccc(COC)cc2)CC1. The lowest BCUT2D eigenvalue weighted by Gasteiger charge is -2.34. The Bertz CT molecular complexity index is 771. The lowest BCUT2D eigenvalue weighted by Crippen LogP contribution is -2.45. The van der Waals surface area contributed by atoms with Crippen molar-refractivity contribution >= 4 is 11.7 Å². The first-order chi connectivity index (χ1) is 14.2. The van der Waals surface area contributed by atoms with Gasteiger partial charge in [-0.2, -0.15) is 0 Å². The maximum absolute atomic E-state index is 12.3. The summed E-state index contributed by atoms with van der Waals surface area (Å²) in [5, 5.41) is 5.87. The van der Waals surface area contributed by atoms with E-state index in [1.165, 1.54) is 5.56 Å². The number of carbonyl (C=O) groups is 1. The van der Waals surface area contributed by atoms with Gasteiger partial charge in [0.15, 0.2) is 0 Å². The molecule has 1 heterocycles. The van der Waals surface area contributed by atoms with Crippen LogP contribution in [0.15, 0.2) is 48.5 Å². The minimum Gasteiger partial charge on any atom is -0.380 e. The molecule has 0 bridgehead atoms. The van der Waals surface area contributed by atoms with Crippen LogP contribution in [0.3, 0.4) is 0 Å². The van der Waals surface area contributed by atoms with Gasteiger partial charge in [0.05, 0.1) is 6.61 Å². The third kappa shape index (κ3) is 6.56. The van der Waals surface area contributed by atoms with E-state index in [0.717, 1.165) is 56.1 Å². The van der Waals surface area contributed by atoms with Gasteiger partial charge in [-0.1, -0.05) is 43.3 Å². The molecule has 2 aromatic rings. The molecule has 0 unspecified atom stereocenters. The zero-order valence-corrected chi connectivity index (χ0v) is 17.5. The number of piperazine rings is 1. The molecule has 156 valence electrons. The standard InChI is InChI=1S/C23H32N4O2/c1-3-26-12-14-27(15-13-26)17-21-7-5-4-6-20(21)16-24-23(28)25-22-10-8-19(9-11-22)18-29-2/h4-11H,3,12-18H2,1-2H3,(H2,24,25,28). The summed E-state index contributed by atoms with van der Waals surface area (Å²) in [5.74, 6) is 0. The molecule has 2 N–H and O–H groups in total. The zero-order valence-electron chi connectivity index (χ0n) is 17.5. The summed E-state index contributed by atoms with van der Waals surface area (Å²) >= 11 is 0. The van der Waals surface area contributed by atoms with Crippen LogP contribution >= 0.6 is 0 Å². The van der Waals surface area contributed by atoms with Gasteiger partial charge in [0.2, 0.25) is 0 Å². The van der Waals surface area contributed by atoms with Gasteiger partial charge >= 0.3 is 6.03 Å². The molecule has 2 amide bonds. The van der Waals surface area contributed by atoms with Gasteiger partial charge in [0.1, 0.15) is 0 Å². The fourth-order valence-electron chi connectivity index (χ4n) is 3.59. The molecule has 0 radical (unpaired) electrons. The van der Waals surface area contributed by atoms with Crippen LogP contribution in [0.4, 0.5) is 10.5 Å². The Labute approximate surface area is 173 Å². The number of rotatable bonds is 8. The highest BCUT2D eigenvalue weighted by Crippen LogP contribution is 2.14. The fourth-order valence-corrected chi connectivity index (χ4v) is 3.59. The molecule has 1 aliphatic heterocycles. The van der Waals surface area contributed by atoms with Crippen molar-refractivity contribution in [1.29, 1.82) is 0 Å². The Balaban J connectivity index is 1.50. The normalized spacial score (nSPS) is 15.2. The first-order valence-corrected chi connectivity index (χ1v) is 10.3. The second-order valence-corrected chi connectivity index (χ2v) is 7.42. The van der Waals surface area contributed by atoms with Crippen LogP contribution in [0.5, 0.6) is 0 Å². The van der Waals surface area contributed by atoms with E-state index in [0.29, 0.717) is 13.2 Å².